The van der Waals surface area contributed by atoms with E-state index in [0.717, 1.165) is 24.2 Å². The highest BCUT2D eigenvalue weighted by atomic mass is 16.3. The Morgan fingerprint density at radius 2 is 1.69 bits per heavy atom. The molecular formula is C24H25N3O2. The van der Waals surface area contributed by atoms with Gasteiger partial charge in [0.1, 0.15) is 5.82 Å². The number of rotatable bonds is 5. The number of aliphatic hydroxyl groups is 1. The zero-order chi connectivity index (χ0) is 20.3. The number of hydrogen-bond acceptors (Lipinski definition) is 4. The molecule has 1 aliphatic rings. The quantitative estimate of drug-likeness (QED) is 0.700. The molecule has 1 aliphatic heterocycles. The normalized spacial score (nSPS) is 16.6. The fourth-order valence-electron chi connectivity index (χ4n) is 4.13. The van der Waals surface area contributed by atoms with Crippen LogP contribution in [0.3, 0.4) is 0 Å². The molecule has 2 aromatic carbocycles. The summed E-state index contributed by atoms with van der Waals surface area (Å²) in [4.78, 5) is 19.9. The van der Waals surface area contributed by atoms with Crippen LogP contribution in [-0.4, -0.2) is 34.5 Å². The Hall–Kier alpha value is -3.18. The molecule has 0 aliphatic carbocycles. The van der Waals surface area contributed by atoms with Gasteiger partial charge in [-0.25, -0.2) is 4.98 Å². The van der Waals surface area contributed by atoms with Crippen LogP contribution >= 0.6 is 0 Å². The first-order valence-corrected chi connectivity index (χ1v) is 9.93. The molecule has 148 valence electrons. The van der Waals surface area contributed by atoms with Crippen molar-refractivity contribution < 1.29 is 9.90 Å². The molecule has 0 saturated carbocycles. The van der Waals surface area contributed by atoms with E-state index in [2.05, 4.69) is 10.3 Å². The second-order valence-electron chi connectivity index (χ2n) is 7.32. The van der Waals surface area contributed by atoms with Gasteiger partial charge in [-0.2, -0.15) is 0 Å². The molecule has 5 nitrogen and oxygen atoms in total. The molecule has 2 heterocycles. The van der Waals surface area contributed by atoms with Crippen LogP contribution in [0.25, 0.3) is 0 Å². The number of amides is 1. The molecule has 1 fully saturated rings. The highest BCUT2D eigenvalue weighted by Gasteiger charge is 2.45. The van der Waals surface area contributed by atoms with E-state index in [1.54, 1.807) is 6.20 Å². The molecule has 29 heavy (non-hydrogen) atoms. The Labute approximate surface area is 171 Å². The summed E-state index contributed by atoms with van der Waals surface area (Å²) in [7, 11) is 1.83. The predicted molar refractivity (Wildman–Crippen MR) is 113 cm³/mol. The van der Waals surface area contributed by atoms with Gasteiger partial charge in [0.05, 0.1) is 6.04 Å². The Kier molecular flexibility index (Phi) is 5.32. The van der Waals surface area contributed by atoms with Crippen LogP contribution in [0.15, 0.2) is 79.0 Å². The lowest BCUT2D eigenvalue weighted by Gasteiger charge is -2.35. The van der Waals surface area contributed by atoms with E-state index < -0.39 is 5.60 Å². The molecule has 0 bridgehead atoms. The molecule has 1 saturated heterocycles. The van der Waals surface area contributed by atoms with Crippen LogP contribution < -0.4 is 5.32 Å². The number of pyridine rings is 1. The summed E-state index contributed by atoms with van der Waals surface area (Å²) < 4.78 is 0. The first kappa shape index (κ1) is 19.2. The highest BCUT2D eigenvalue weighted by molar-refractivity contribution is 5.90. The second-order valence-corrected chi connectivity index (χ2v) is 7.32. The van der Waals surface area contributed by atoms with Crippen molar-refractivity contribution in [3.05, 3.63) is 95.7 Å². The van der Waals surface area contributed by atoms with Gasteiger partial charge in [-0.05, 0) is 41.7 Å². The molecule has 0 radical (unpaired) electrons. The third kappa shape index (κ3) is 3.49. The number of benzene rings is 2. The Bertz CT molecular complexity index is 936. The fourth-order valence-corrected chi connectivity index (χ4v) is 4.13. The third-order valence-electron chi connectivity index (χ3n) is 5.63. The first-order valence-electron chi connectivity index (χ1n) is 9.93. The molecule has 0 spiro atoms. The number of carbonyl (C=O) groups excluding carboxylic acids is 1. The van der Waals surface area contributed by atoms with Crippen molar-refractivity contribution in [1.82, 2.24) is 9.88 Å². The van der Waals surface area contributed by atoms with Gasteiger partial charge < -0.3 is 15.3 Å². The van der Waals surface area contributed by atoms with E-state index in [1.165, 1.54) is 0 Å². The summed E-state index contributed by atoms with van der Waals surface area (Å²) >= 11 is 0. The molecule has 1 amide bonds. The zero-order valence-corrected chi connectivity index (χ0v) is 16.5. The lowest BCUT2D eigenvalue weighted by atomic mass is 9.84. The Morgan fingerprint density at radius 3 is 2.28 bits per heavy atom. The van der Waals surface area contributed by atoms with Gasteiger partial charge in [-0.3, -0.25) is 4.79 Å². The summed E-state index contributed by atoms with van der Waals surface area (Å²) in [5, 5.41) is 14.9. The van der Waals surface area contributed by atoms with Crippen molar-refractivity contribution in [1.29, 1.82) is 0 Å². The number of carbonyl (C=O) groups is 1. The van der Waals surface area contributed by atoms with Crippen LogP contribution in [0, 0.1) is 0 Å². The minimum atomic E-state index is -1.73. The number of likely N-dealkylation sites (tertiary alicyclic amines) is 1. The molecule has 5 heteroatoms. The van der Waals surface area contributed by atoms with E-state index in [1.807, 2.05) is 84.7 Å². The van der Waals surface area contributed by atoms with Crippen molar-refractivity contribution >= 4 is 11.7 Å². The van der Waals surface area contributed by atoms with Crippen LogP contribution in [0.4, 0.5) is 5.82 Å². The number of hydrogen-bond donors (Lipinski definition) is 2. The molecule has 1 aromatic heterocycles. The second kappa shape index (κ2) is 8.05. The summed E-state index contributed by atoms with van der Waals surface area (Å²) in [5.74, 6) is 0.475. The summed E-state index contributed by atoms with van der Waals surface area (Å²) in [6.07, 6.45) is 3.51. The Balaban J connectivity index is 1.76. The lowest BCUT2D eigenvalue weighted by Crippen LogP contribution is -2.47. The summed E-state index contributed by atoms with van der Waals surface area (Å²) in [5.41, 5.74) is 0.447. The van der Waals surface area contributed by atoms with Gasteiger partial charge in [-0.1, -0.05) is 60.7 Å². The van der Waals surface area contributed by atoms with Crippen LogP contribution in [0.2, 0.25) is 0 Å². The van der Waals surface area contributed by atoms with Crippen molar-refractivity contribution in [2.24, 2.45) is 0 Å². The standard InChI is InChI=1S/C24H25N3O2/c1-25-22-17-18(14-15-26-22)21-13-8-16-27(21)23(28)24(29,19-9-4-2-5-10-19)20-11-6-3-7-12-20/h2-7,9-12,14-15,17,21,29H,8,13,16H2,1H3,(H,25,26). The molecular weight excluding hydrogens is 362 g/mol. The minimum Gasteiger partial charge on any atom is -0.373 e. The molecule has 1 atom stereocenters. The maximum Gasteiger partial charge on any atom is 0.264 e. The van der Waals surface area contributed by atoms with Gasteiger partial charge >= 0.3 is 0 Å². The van der Waals surface area contributed by atoms with E-state index >= 15 is 0 Å². The molecule has 2 N–H and O–H groups in total. The number of anilines is 1. The van der Waals surface area contributed by atoms with Crippen molar-refractivity contribution in [2.45, 2.75) is 24.5 Å². The lowest BCUT2D eigenvalue weighted by molar-refractivity contribution is -0.149. The van der Waals surface area contributed by atoms with Crippen LogP contribution in [0.1, 0.15) is 35.6 Å². The monoisotopic (exact) mass is 387 g/mol. The van der Waals surface area contributed by atoms with Crippen molar-refractivity contribution in [3.63, 3.8) is 0 Å². The van der Waals surface area contributed by atoms with E-state index in [-0.39, 0.29) is 11.9 Å². The maximum absolute atomic E-state index is 13.9. The van der Waals surface area contributed by atoms with Crippen molar-refractivity contribution in [3.8, 4) is 0 Å². The molecule has 3 aromatic rings. The van der Waals surface area contributed by atoms with Gasteiger partial charge in [0.25, 0.3) is 5.91 Å². The highest BCUT2D eigenvalue weighted by Crippen LogP contribution is 2.39. The third-order valence-corrected chi connectivity index (χ3v) is 5.63. The maximum atomic E-state index is 13.9. The number of aromatic nitrogens is 1. The van der Waals surface area contributed by atoms with E-state index in [0.29, 0.717) is 17.7 Å². The molecule has 4 rings (SSSR count). The number of nitrogens with zero attached hydrogens (tertiary/aromatic N) is 2. The van der Waals surface area contributed by atoms with Gasteiger partial charge in [0, 0.05) is 19.8 Å². The zero-order valence-electron chi connectivity index (χ0n) is 16.5. The smallest absolute Gasteiger partial charge is 0.264 e. The largest absolute Gasteiger partial charge is 0.373 e. The van der Waals surface area contributed by atoms with Crippen molar-refractivity contribution in [2.75, 3.05) is 18.9 Å². The van der Waals surface area contributed by atoms with E-state index in [4.69, 9.17) is 0 Å². The minimum absolute atomic E-state index is 0.0865. The summed E-state index contributed by atoms with van der Waals surface area (Å²) in [6, 6.07) is 22.2. The van der Waals surface area contributed by atoms with Crippen LogP contribution in [0.5, 0.6) is 0 Å². The van der Waals surface area contributed by atoms with E-state index in [9.17, 15) is 9.90 Å². The first-order chi connectivity index (χ1) is 14.1. The average Bonchev–Trinajstić information content (AvgIpc) is 3.29. The fraction of sp³-hybridized carbons (Fsp3) is 0.250. The van der Waals surface area contributed by atoms with Gasteiger partial charge in [-0.15, -0.1) is 0 Å². The summed E-state index contributed by atoms with van der Waals surface area (Å²) in [6.45, 7) is 0.614. The average molecular weight is 387 g/mol. The number of nitrogens with one attached hydrogen (secondary N) is 1. The molecule has 1 unspecified atom stereocenters. The predicted octanol–water partition coefficient (Wildman–Crippen LogP) is 3.72. The SMILES string of the molecule is CNc1cc(C2CCCN2C(=O)C(O)(c2ccccc2)c2ccccc2)ccn1. The van der Waals surface area contributed by atoms with Gasteiger partial charge in [0.15, 0.2) is 5.60 Å². The van der Waals surface area contributed by atoms with Gasteiger partial charge in [0.2, 0.25) is 0 Å². The topological polar surface area (TPSA) is 65.5 Å². The Morgan fingerprint density at radius 1 is 1.07 bits per heavy atom. The van der Waals surface area contributed by atoms with Crippen LogP contribution in [-0.2, 0) is 10.4 Å².